The molecule has 0 aliphatic carbocycles. The van der Waals surface area contributed by atoms with Crippen LogP contribution in [0.25, 0.3) is 5.78 Å². The van der Waals surface area contributed by atoms with Gasteiger partial charge >= 0.3 is 0 Å². The average molecular weight is 396 g/mol. The van der Waals surface area contributed by atoms with Crippen molar-refractivity contribution >= 4 is 17.6 Å². The Morgan fingerprint density at radius 3 is 2.55 bits per heavy atom. The Morgan fingerprint density at radius 1 is 1.14 bits per heavy atom. The maximum Gasteiger partial charge on any atom is 0.269 e. The number of hydrogen-bond donors (Lipinski definition) is 2. The second-order valence-electron chi connectivity index (χ2n) is 6.93. The van der Waals surface area contributed by atoms with E-state index in [-0.39, 0.29) is 18.4 Å². The second kappa shape index (κ2) is 8.68. The molecule has 1 aromatic carbocycles. The van der Waals surface area contributed by atoms with Crippen molar-refractivity contribution in [3.63, 3.8) is 0 Å². The van der Waals surface area contributed by atoms with Crippen molar-refractivity contribution in [3.8, 4) is 5.75 Å². The number of carbonyl (C=O) groups is 2. The molecule has 152 valence electrons. The van der Waals surface area contributed by atoms with E-state index in [4.69, 9.17) is 4.74 Å². The van der Waals surface area contributed by atoms with E-state index in [1.54, 1.807) is 28.8 Å². The molecule has 0 atom stereocenters. The molecule has 2 aromatic heterocycles. The minimum absolute atomic E-state index is 0.0571. The molecule has 0 aliphatic heterocycles. The first-order valence-corrected chi connectivity index (χ1v) is 9.37. The minimum atomic E-state index is -0.396. The van der Waals surface area contributed by atoms with Crippen LogP contribution in [-0.2, 0) is 11.2 Å². The van der Waals surface area contributed by atoms with Crippen molar-refractivity contribution in [2.45, 2.75) is 46.6 Å². The van der Waals surface area contributed by atoms with Gasteiger partial charge in [-0.2, -0.15) is 10.1 Å². The van der Waals surface area contributed by atoms with Gasteiger partial charge in [-0.1, -0.05) is 0 Å². The number of aromatic nitrogens is 4. The van der Waals surface area contributed by atoms with Crippen LogP contribution < -0.4 is 15.6 Å². The zero-order valence-corrected chi connectivity index (χ0v) is 16.9. The highest BCUT2D eigenvalue weighted by molar-refractivity contribution is 5.95. The van der Waals surface area contributed by atoms with Gasteiger partial charge in [0, 0.05) is 23.4 Å². The fourth-order valence-corrected chi connectivity index (χ4v) is 2.97. The van der Waals surface area contributed by atoms with E-state index in [9.17, 15) is 9.59 Å². The number of aryl methyl sites for hydroxylation is 2. The van der Waals surface area contributed by atoms with Crippen LogP contribution in [0.1, 0.15) is 47.6 Å². The molecular formula is C20H24N6O3. The van der Waals surface area contributed by atoms with Crippen molar-refractivity contribution in [2.75, 3.05) is 0 Å². The third kappa shape index (κ3) is 4.87. The lowest BCUT2D eigenvalue weighted by Gasteiger charge is -2.12. The molecule has 3 aromatic rings. The number of hydrazine groups is 1. The number of rotatable bonds is 6. The van der Waals surface area contributed by atoms with E-state index in [0.717, 1.165) is 17.0 Å². The summed E-state index contributed by atoms with van der Waals surface area (Å²) >= 11 is 0. The van der Waals surface area contributed by atoms with E-state index in [2.05, 4.69) is 25.9 Å². The highest BCUT2D eigenvalue weighted by atomic mass is 16.5. The van der Waals surface area contributed by atoms with Crippen LogP contribution >= 0.6 is 0 Å². The lowest BCUT2D eigenvalue weighted by Crippen LogP contribution is -2.41. The van der Waals surface area contributed by atoms with E-state index in [0.29, 0.717) is 23.5 Å². The number of fused-ring (bicyclic) bond motifs is 1. The molecule has 0 spiro atoms. The molecule has 0 fully saturated rings. The number of nitrogens with zero attached hydrogens (tertiary/aromatic N) is 4. The van der Waals surface area contributed by atoms with Crippen molar-refractivity contribution < 1.29 is 14.3 Å². The predicted molar refractivity (Wildman–Crippen MR) is 106 cm³/mol. The maximum atomic E-state index is 12.2. The number of carbonyl (C=O) groups excluding carboxylic acids is 2. The smallest absolute Gasteiger partial charge is 0.269 e. The van der Waals surface area contributed by atoms with Gasteiger partial charge in [-0.05, 0) is 63.9 Å². The first-order chi connectivity index (χ1) is 13.8. The van der Waals surface area contributed by atoms with Crippen LogP contribution in [0.5, 0.6) is 5.75 Å². The molecule has 2 N–H and O–H groups in total. The summed E-state index contributed by atoms with van der Waals surface area (Å²) in [5.41, 5.74) is 7.93. The summed E-state index contributed by atoms with van der Waals surface area (Å²) in [6.45, 7) is 7.65. The van der Waals surface area contributed by atoms with Gasteiger partial charge < -0.3 is 4.74 Å². The molecular weight excluding hydrogens is 372 g/mol. The van der Waals surface area contributed by atoms with Crippen molar-refractivity contribution in [1.82, 2.24) is 30.4 Å². The summed E-state index contributed by atoms with van der Waals surface area (Å²) in [4.78, 5) is 32.8. The molecule has 0 saturated carbocycles. The fourth-order valence-electron chi connectivity index (χ4n) is 2.97. The Hall–Kier alpha value is -3.49. The molecule has 0 saturated heterocycles. The lowest BCUT2D eigenvalue weighted by atomic mass is 10.1. The van der Waals surface area contributed by atoms with Gasteiger partial charge in [0.15, 0.2) is 0 Å². The van der Waals surface area contributed by atoms with Crippen molar-refractivity contribution in [2.24, 2.45) is 0 Å². The van der Waals surface area contributed by atoms with E-state index < -0.39 is 5.91 Å². The molecule has 2 amide bonds. The SMILES string of the molecule is Cc1nc2ncnn2c(C)c1CCC(=O)NNC(=O)c1ccc(OC(C)C)cc1. The third-order valence-corrected chi connectivity index (χ3v) is 4.39. The van der Waals surface area contributed by atoms with Gasteiger partial charge in [0.25, 0.3) is 11.7 Å². The van der Waals surface area contributed by atoms with Crippen LogP contribution in [-0.4, -0.2) is 37.5 Å². The van der Waals surface area contributed by atoms with E-state index in [1.807, 2.05) is 27.7 Å². The standard InChI is InChI=1S/C20H24N6O3/c1-12(2)29-16-7-5-15(6-8-16)19(28)25-24-18(27)10-9-17-13(3)23-20-21-11-22-26(20)14(17)4/h5-8,11-12H,9-10H2,1-4H3,(H,24,27)(H,25,28). The van der Waals surface area contributed by atoms with Gasteiger partial charge in [0.2, 0.25) is 5.91 Å². The van der Waals surface area contributed by atoms with Gasteiger partial charge in [-0.3, -0.25) is 20.4 Å². The molecule has 9 nitrogen and oxygen atoms in total. The van der Waals surface area contributed by atoms with E-state index >= 15 is 0 Å². The van der Waals surface area contributed by atoms with Gasteiger partial charge in [-0.25, -0.2) is 9.50 Å². The number of amides is 2. The Morgan fingerprint density at radius 2 is 1.86 bits per heavy atom. The molecule has 9 heteroatoms. The zero-order valence-electron chi connectivity index (χ0n) is 16.9. The monoisotopic (exact) mass is 396 g/mol. The van der Waals surface area contributed by atoms with Gasteiger partial charge in [0.1, 0.15) is 12.1 Å². The molecule has 2 heterocycles. The average Bonchev–Trinajstić information content (AvgIpc) is 3.14. The maximum absolute atomic E-state index is 12.2. The number of nitrogens with one attached hydrogen (secondary N) is 2. The topological polar surface area (TPSA) is 111 Å². The van der Waals surface area contributed by atoms with Crippen LogP contribution in [0, 0.1) is 13.8 Å². The van der Waals surface area contributed by atoms with Gasteiger partial charge in [0.05, 0.1) is 6.10 Å². The Bertz CT molecular complexity index is 1030. The minimum Gasteiger partial charge on any atom is -0.491 e. The number of hydrogen-bond acceptors (Lipinski definition) is 6. The molecule has 29 heavy (non-hydrogen) atoms. The summed E-state index contributed by atoms with van der Waals surface area (Å²) < 4.78 is 7.19. The highest BCUT2D eigenvalue weighted by Crippen LogP contribution is 2.15. The van der Waals surface area contributed by atoms with Gasteiger partial charge in [-0.15, -0.1) is 0 Å². The Labute approximate surface area is 168 Å². The normalized spacial score (nSPS) is 10.9. The van der Waals surface area contributed by atoms with Crippen molar-refractivity contribution in [3.05, 3.63) is 53.1 Å². The quantitative estimate of drug-likeness (QED) is 0.616. The molecule has 3 rings (SSSR count). The van der Waals surface area contributed by atoms with Crippen LogP contribution in [0.4, 0.5) is 0 Å². The highest BCUT2D eigenvalue weighted by Gasteiger charge is 2.13. The fraction of sp³-hybridized carbons (Fsp3) is 0.350. The number of ether oxygens (including phenoxy) is 1. The lowest BCUT2D eigenvalue weighted by molar-refractivity contribution is -0.121. The van der Waals surface area contributed by atoms with Crippen LogP contribution in [0.2, 0.25) is 0 Å². The van der Waals surface area contributed by atoms with Crippen molar-refractivity contribution in [1.29, 1.82) is 0 Å². The molecule has 0 aliphatic rings. The summed E-state index contributed by atoms with van der Waals surface area (Å²) in [5.74, 6) is 0.526. The first-order valence-electron chi connectivity index (χ1n) is 9.37. The Balaban J connectivity index is 1.53. The zero-order chi connectivity index (χ0) is 21.0. The number of benzene rings is 1. The largest absolute Gasteiger partial charge is 0.491 e. The third-order valence-electron chi connectivity index (χ3n) is 4.39. The van der Waals surface area contributed by atoms with Crippen LogP contribution in [0.3, 0.4) is 0 Å². The van der Waals surface area contributed by atoms with Crippen LogP contribution in [0.15, 0.2) is 30.6 Å². The summed E-state index contributed by atoms with van der Waals surface area (Å²) in [5, 5.41) is 4.14. The first kappa shape index (κ1) is 20.2. The molecule has 0 unspecified atom stereocenters. The summed E-state index contributed by atoms with van der Waals surface area (Å²) in [7, 11) is 0. The molecule has 0 radical (unpaired) electrons. The second-order valence-corrected chi connectivity index (χ2v) is 6.93. The predicted octanol–water partition coefficient (Wildman–Crippen LogP) is 1.92. The summed E-state index contributed by atoms with van der Waals surface area (Å²) in [6.07, 6.45) is 2.18. The summed E-state index contributed by atoms with van der Waals surface area (Å²) in [6, 6.07) is 6.72. The molecule has 0 bridgehead atoms. The van der Waals surface area contributed by atoms with E-state index in [1.165, 1.54) is 6.33 Å². The Kier molecular flexibility index (Phi) is 6.06.